The molecule has 2 heterocycles. The number of pyridine rings is 1. The maximum atomic E-state index is 12.8. The number of amides is 2. The quantitative estimate of drug-likeness (QED) is 0.601. The van der Waals surface area contributed by atoms with Crippen LogP contribution in [0.5, 0.6) is 0 Å². The van der Waals surface area contributed by atoms with Crippen molar-refractivity contribution in [2.75, 3.05) is 31.5 Å². The third-order valence-electron chi connectivity index (χ3n) is 5.18. The first kappa shape index (κ1) is 21.5. The molecule has 3 aromatic rings. The molecule has 158 valence electrons. The first-order valence-electron chi connectivity index (χ1n) is 10.3. The van der Waals surface area contributed by atoms with Gasteiger partial charge in [0, 0.05) is 30.5 Å². The van der Waals surface area contributed by atoms with Gasteiger partial charge >= 0.3 is 0 Å². The number of carbonyl (C=O) groups is 2. The maximum Gasteiger partial charge on any atom is 0.274 e. The van der Waals surface area contributed by atoms with Crippen LogP contribution in [-0.4, -0.2) is 52.3 Å². The second-order valence-corrected chi connectivity index (χ2v) is 7.29. The first-order valence-corrected chi connectivity index (χ1v) is 10.3. The molecular formula is C23H29N5O2. The second kappa shape index (κ2) is 9.54. The van der Waals surface area contributed by atoms with Crippen LogP contribution in [0.25, 0.3) is 5.65 Å². The number of carbonyl (C=O) groups excluding carboxylic acids is 2. The molecule has 0 atom stereocenters. The second-order valence-electron chi connectivity index (χ2n) is 7.29. The van der Waals surface area contributed by atoms with Crippen LogP contribution in [0.1, 0.15) is 46.0 Å². The molecule has 0 spiro atoms. The number of aromatic nitrogens is 2. The Kier molecular flexibility index (Phi) is 6.84. The normalized spacial score (nSPS) is 11.1. The smallest absolute Gasteiger partial charge is 0.274 e. The summed E-state index contributed by atoms with van der Waals surface area (Å²) in [5.74, 6) is -0.353. The van der Waals surface area contributed by atoms with Gasteiger partial charge in [0.2, 0.25) is 0 Å². The number of benzene rings is 1. The number of imidazole rings is 1. The Morgan fingerprint density at radius 2 is 1.73 bits per heavy atom. The Balaban J connectivity index is 1.64. The average Bonchev–Trinajstić information content (AvgIpc) is 3.06. The lowest BCUT2D eigenvalue weighted by Crippen LogP contribution is -2.34. The van der Waals surface area contributed by atoms with Crippen molar-refractivity contribution in [3.8, 4) is 0 Å². The van der Waals surface area contributed by atoms with Crippen LogP contribution in [0.3, 0.4) is 0 Å². The Morgan fingerprint density at radius 3 is 2.40 bits per heavy atom. The van der Waals surface area contributed by atoms with Gasteiger partial charge < -0.3 is 15.5 Å². The molecular weight excluding hydrogens is 378 g/mol. The van der Waals surface area contributed by atoms with Crippen molar-refractivity contribution in [3.63, 3.8) is 0 Å². The van der Waals surface area contributed by atoms with Crippen molar-refractivity contribution in [3.05, 3.63) is 65.1 Å². The molecule has 7 nitrogen and oxygen atoms in total. The van der Waals surface area contributed by atoms with Crippen LogP contribution < -0.4 is 10.6 Å². The van der Waals surface area contributed by atoms with Crippen molar-refractivity contribution in [1.29, 1.82) is 0 Å². The number of rotatable bonds is 8. The van der Waals surface area contributed by atoms with Crippen LogP contribution in [0.4, 0.5) is 5.69 Å². The van der Waals surface area contributed by atoms with E-state index in [0.29, 0.717) is 29.2 Å². The molecule has 3 rings (SSSR count). The number of anilines is 1. The van der Waals surface area contributed by atoms with Gasteiger partial charge in [-0.05, 0) is 68.9 Å². The fraction of sp³-hybridized carbons (Fsp3) is 0.348. The SMILES string of the molecule is CCN(CC)CCNC(=O)c1ccc(NC(=O)c2c(C)nc3cc(C)ccn23)cc1. The maximum absolute atomic E-state index is 12.8. The molecule has 2 amide bonds. The fourth-order valence-corrected chi connectivity index (χ4v) is 3.40. The highest BCUT2D eigenvalue weighted by Crippen LogP contribution is 2.16. The number of likely N-dealkylation sites (N-methyl/N-ethyl adjacent to an activating group) is 1. The van der Waals surface area contributed by atoms with E-state index in [-0.39, 0.29) is 11.8 Å². The zero-order chi connectivity index (χ0) is 21.7. The van der Waals surface area contributed by atoms with Crippen molar-refractivity contribution in [2.24, 2.45) is 0 Å². The highest BCUT2D eigenvalue weighted by atomic mass is 16.2. The molecule has 0 saturated carbocycles. The average molecular weight is 408 g/mol. The predicted molar refractivity (Wildman–Crippen MR) is 119 cm³/mol. The van der Waals surface area contributed by atoms with Crippen LogP contribution >= 0.6 is 0 Å². The molecule has 0 radical (unpaired) electrons. The Labute approximate surface area is 177 Å². The van der Waals surface area contributed by atoms with Gasteiger partial charge in [-0.2, -0.15) is 0 Å². The lowest BCUT2D eigenvalue weighted by molar-refractivity contribution is 0.0948. The fourth-order valence-electron chi connectivity index (χ4n) is 3.40. The minimum Gasteiger partial charge on any atom is -0.351 e. The van der Waals surface area contributed by atoms with E-state index in [4.69, 9.17) is 0 Å². The number of aryl methyl sites for hydroxylation is 2. The van der Waals surface area contributed by atoms with Gasteiger partial charge in [0.1, 0.15) is 11.3 Å². The zero-order valence-electron chi connectivity index (χ0n) is 18.0. The summed E-state index contributed by atoms with van der Waals surface area (Å²) in [5.41, 5.74) is 4.19. The van der Waals surface area contributed by atoms with Crippen LogP contribution in [0.2, 0.25) is 0 Å². The summed E-state index contributed by atoms with van der Waals surface area (Å²) in [4.78, 5) is 31.9. The lowest BCUT2D eigenvalue weighted by atomic mass is 10.2. The van der Waals surface area contributed by atoms with E-state index in [1.807, 2.05) is 32.2 Å². The summed E-state index contributed by atoms with van der Waals surface area (Å²) in [6.07, 6.45) is 1.85. The molecule has 0 fully saturated rings. The highest BCUT2D eigenvalue weighted by molar-refractivity contribution is 6.04. The molecule has 0 aliphatic heterocycles. The third-order valence-corrected chi connectivity index (χ3v) is 5.18. The minimum atomic E-state index is -0.236. The van der Waals surface area contributed by atoms with E-state index in [1.165, 1.54) is 0 Å². The van der Waals surface area contributed by atoms with Gasteiger partial charge in [0.15, 0.2) is 0 Å². The number of nitrogens with one attached hydrogen (secondary N) is 2. The number of fused-ring (bicyclic) bond motifs is 1. The van der Waals surface area contributed by atoms with E-state index < -0.39 is 0 Å². The summed E-state index contributed by atoms with van der Waals surface area (Å²) < 4.78 is 1.79. The molecule has 1 aromatic carbocycles. The number of nitrogens with zero attached hydrogens (tertiary/aromatic N) is 3. The van der Waals surface area contributed by atoms with E-state index in [9.17, 15) is 9.59 Å². The molecule has 0 unspecified atom stereocenters. The zero-order valence-corrected chi connectivity index (χ0v) is 18.0. The summed E-state index contributed by atoms with van der Waals surface area (Å²) in [6.45, 7) is 11.4. The Morgan fingerprint density at radius 1 is 1.03 bits per heavy atom. The molecule has 30 heavy (non-hydrogen) atoms. The van der Waals surface area contributed by atoms with E-state index in [1.54, 1.807) is 28.7 Å². The predicted octanol–water partition coefficient (Wildman–Crippen LogP) is 3.28. The van der Waals surface area contributed by atoms with E-state index >= 15 is 0 Å². The van der Waals surface area contributed by atoms with E-state index in [0.717, 1.165) is 30.8 Å². The summed E-state index contributed by atoms with van der Waals surface area (Å²) in [5, 5.41) is 5.83. The molecule has 0 bridgehead atoms. The summed E-state index contributed by atoms with van der Waals surface area (Å²) in [7, 11) is 0. The van der Waals surface area contributed by atoms with Crippen molar-refractivity contribution in [1.82, 2.24) is 19.6 Å². The minimum absolute atomic E-state index is 0.118. The number of hydrogen-bond donors (Lipinski definition) is 2. The third kappa shape index (κ3) is 4.86. The van der Waals surface area contributed by atoms with Crippen molar-refractivity contribution in [2.45, 2.75) is 27.7 Å². The van der Waals surface area contributed by atoms with Gasteiger partial charge in [-0.15, -0.1) is 0 Å². The molecule has 0 aliphatic rings. The van der Waals surface area contributed by atoms with Gasteiger partial charge in [-0.3, -0.25) is 14.0 Å². The Hall–Kier alpha value is -3.19. The monoisotopic (exact) mass is 407 g/mol. The van der Waals surface area contributed by atoms with Gasteiger partial charge in [0.05, 0.1) is 5.69 Å². The first-order chi connectivity index (χ1) is 14.4. The van der Waals surface area contributed by atoms with Crippen LogP contribution in [0, 0.1) is 13.8 Å². The molecule has 0 saturated heterocycles. The topological polar surface area (TPSA) is 78.7 Å². The van der Waals surface area contributed by atoms with Gasteiger partial charge in [-0.25, -0.2) is 4.98 Å². The van der Waals surface area contributed by atoms with Crippen molar-refractivity contribution >= 4 is 23.1 Å². The van der Waals surface area contributed by atoms with Gasteiger partial charge in [-0.1, -0.05) is 13.8 Å². The molecule has 0 aliphatic carbocycles. The lowest BCUT2D eigenvalue weighted by Gasteiger charge is -2.18. The molecule has 2 aromatic heterocycles. The molecule has 7 heteroatoms. The van der Waals surface area contributed by atoms with Crippen LogP contribution in [-0.2, 0) is 0 Å². The highest BCUT2D eigenvalue weighted by Gasteiger charge is 2.17. The summed E-state index contributed by atoms with van der Waals surface area (Å²) in [6, 6.07) is 10.8. The van der Waals surface area contributed by atoms with Crippen LogP contribution in [0.15, 0.2) is 42.6 Å². The largest absolute Gasteiger partial charge is 0.351 e. The standard InChI is InChI=1S/C23H29N5O2/c1-5-27(6-2)14-12-24-22(29)18-7-9-19(10-8-18)26-23(30)21-17(4)25-20-15-16(3)11-13-28(20)21/h7-11,13,15H,5-6,12,14H2,1-4H3,(H,24,29)(H,26,30). The molecule has 2 N–H and O–H groups in total. The Bertz CT molecular complexity index is 1040. The van der Waals surface area contributed by atoms with Crippen molar-refractivity contribution < 1.29 is 9.59 Å². The summed E-state index contributed by atoms with van der Waals surface area (Å²) >= 11 is 0. The van der Waals surface area contributed by atoms with Gasteiger partial charge in [0.25, 0.3) is 11.8 Å². The van der Waals surface area contributed by atoms with E-state index in [2.05, 4.69) is 34.4 Å². The number of hydrogen-bond acceptors (Lipinski definition) is 4.